The minimum absolute atomic E-state index is 0.0901. The molecule has 3 aromatic heterocycles. The van der Waals surface area contributed by atoms with Crippen LogP contribution in [0.15, 0.2) is 307 Å². The number of para-hydroxylation sites is 4. The van der Waals surface area contributed by atoms with Gasteiger partial charge in [-0.05, 0) is 174 Å². The van der Waals surface area contributed by atoms with Gasteiger partial charge in [-0.3, -0.25) is 0 Å². The third kappa shape index (κ3) is 9.59. The van der Waals surface area contributed by atoms with Gasteiger partial charge in [-0.25, -0.2) is 0 Å². The van der Waals surface area contributed by atoms with Gasteiger partial charge in [-0.1, -0.05) is 274 Å². The van der Waals surface area contributed by atoms with Crippen LogP contribution in [0.2, 0.25) is 0 Å². The van der Waals surface area contributed by atoms with Crippen LogP contribution >= 0.6 is 0 Å². The minimum atomic E-state index is -0.916. The predicted molar refractivity (Wildman–Crippen MR) is 434 cm³/mol. The van der Waals surface area contributed by atoms with E-state index in [9.17, 15) is 16.4 Å². The molecule has 0 N–H and O–H groups in total. The van der Waals surface area contributed by atoms with Crippen molar-refractivity contribution in [3.05, 3.63) is 320 Å². The average molecular weight is 1330 g/mol. The summed E-state index contributed by atoms with van der Waals surface area (Å²) in [6, 6.07) is 54.2. The largest absolute Gasteiger partial charge is 0.452 e. The first kappa shape index (κ1) is 45.0. The molecule has 17 aromatic rings. The molecule has 2 aliphatic heterocycles. The van der Waals surface area contributed by atoms with E-state index in [0.29, 0.717) is 67.1 Å². The van der Waals surface area contributed by atoms with E-state index < -0.39 is 121 Å². The van der Waals surface area contributed by atoms with Crippen LogP contribution in [0, 0.1) is 0 Å². The average Bonchev–Trinajstić information content (AvgIpc) is 1.64. The molecule has 6 heteroatoms. The first-order chi connectivity index (χ1) is 57.0. The summed E-state index contributed by atoms with van der Waals surface area (Å²) in [5, 5.41) is 3.34. The molecular formula is C96H77BN4O. The van der Waals surface area contributed by atoms with Crippen molar-refractivity contribution in [2.45, 2.75) is 78.6 Å². The molecule has 5 nitrogen and oxygen atoms in total. The number of benzene rings is 14. The van der Waals surface area contributed by atoms with Crippen LogP contribution in [-0.2, 0) is 16.2 Å². The molecule has 0 saturated heterocycles. The summed E-state index contributed by atoms with van der Waals surface area (Å²) >= 11 is 0. The minimum Gasteiger partial charge on any atom is -0.452 e. The molecule has 14 aromatic carbocycles. The van der Waals surface area contributed by atoms with E-state index in [1.807, 2.05) is 126 Å². The molecule has 0 fully saturated rings. The van der Waals surface area contributed by atoms with Gasteiger partial charge in [0.1, 0.15) is 0 Å². The van der Waals surface area contributed by atoms with Crippen LogP contribution in [0.1, 0.15) is 104 Å². The SMILES string of the molecule is [2H]c1c([2H])c([2H])c(-c2ccc3c(c2)N(c2cccc4c2oc2c(-n5c6ccc(C(C)(C)C)cc6c6cc(C(C)(C)C)ccc65)cccc24)c2cc(-c4c([2H])c([2H])c([2H])c([2H])c4[2H])cc4c2B3c2ccc(-n3c5c([2H])c([2H])c([2H])c([2H])c5c5c([2H])c([2H])c([2H])c([2H])c53)cc2N4c2c(-c3ccccc3)cc(C(C)(C)C)cc2-c2ccccc2)c([2H])c1[2H]. The molecule has 102 heavy (non-hydrogen) atoms. The molecule has 0 amide bonds. The van der Waals surface area contributed by atoms with Gasteiger partial charge < -0.3 is 23.4 Å². The van der Waals surface area contributed by atoms with Gasteiger partial charge in [-0.15, -0.1) is 0 Å². The molecule has 0 saturated carbocycles. The van der Waals surface area contributed by atoms with E-state index in [2.05, 4.69) is 126 Å². The fourth-order valence-corrected chi connectivity index (χ4v) is 15.7. The number of nitrogens with zero attached hydrogens (tertiary/aromatic N) is 4. The van der Waals surface area contributed by atoms with Crippen LogP contribution in [0.3, 0.4) is 0 Å². The zero-order valence-electron chi connectivity index (χ0n) is 75.7. The zero-order chi connectivity index (χ0) is 84.7. The number of anilines is 6. The number of furan rings is 1. The van der Waals surface area contributed by atoms with Crippen LogP contribution in [0.25, 0.3) is 121 Å². The Hall–Kier alpha value is -11.9. The van der Waals surface area contributed by atoms with E-state index in [4.69, 9.17) is 12.6 Å². The molecule has 0 unspecified atom stereocenters. The molecule has 0 bridgehead atoms. The summed E-state index contributed by atoms with van der Waals surface area (Å²) in [5.41, 5.74) is 13.8. The van der Waals surface area contributed by atoms with Gasteiger partial charge in [0.05, 0.1) is 63.8 Å². The van der Waals surface area contributed by atoms with E-state index in [0.717, 1.165) is 60.7 Å². The second kappa shape index (κ2) is 22.8. The first-order valence-corrected chi connectivity index (χ1v) is 34.5. The molecule has 0 aliphatic carbocycles. The predicted octanol–water partition coefficient (Wildman–Crippen LogP) is 24.4. The number of hydrogen-bond donors (Lipinski definition) is 0. The maximum atomic E-state index is 10.0. The highest BCUT2D eigenvalue weighted by Crippen LogP contribution is 2.54. The van der Waals surface area contributed by atoms with E-state index >= 15 is 0 Å². The Kier molecular flexibility index (Phi) is 10.1. The first-order valence-electron chi connectivity index (χ1n) is 43.5. The Balaban J connectivity index is 1.00. The summed E-state index contributed by atoms with van der Waals surface area (Å²) < 4.78 is 181. The van der Waals surface area contributed by atoms with Gasteiger partial charge >= 0.3 is 0 Å². The third-order valence-electron chi connectivity index (χ3n) is 20.8. The van der Waals surface area contributed by atoms with Crippen molar-refractivity contribution in [3.63, 3.8) is 0 Å². The van der Waals surface area contributed by atoms with Crippen molar-refractivity contribution in [1.29, 1.82) is 0 Å². The van der Waals surface area contributed by atoms with E-state index in [-0.39, 0.29) is 60.6 Å². The van der Waals surface area contributed by atoms with Crippen LogP contribution in [-0.4, -0.2) is 15.8 Å². The quantitative estimate of drug-likeness (QED) is 0.142. The van der Waals surface area contributed by atoms with Crippen molar-refractivity contribution in [2.24, 2.45) is 0 Å². The standard InChI is InChI=1S/C96H77BN4O/c1-94(2,3)66-45-50-82-76(55-66)77-56-67(95(4,5)6)46-51-83(77)99(82)84-42-26-38-72-73-39-27-43-85(93(73)102-92(72)84)100-86-52-64(60-28-14-10-15-29-60)44-48-78(86)97-79-49-47-69(98-80-40-24-22-36-70(80)71-37-23-25-41-81(71)98)59-87(79)101(89-54-65(53-88(100)90(89)97)61-30-16-11-17-31-61)91-74(62-32-18-12-19-33-62)57-68(96(7,8)9)58-75(91)63-34-20-13-21-35-63/h10-59H,1-9H3/i10D,11D,14D,15D,16D,17D,22D,23D,24D,25D,28D,29D,30D,31D,36D,37D,40D,41D. The Morgan fingerprint density at radius 3 is 1.32 bits per heavy atom. The molecule has 490 valence electrons. The summed E-state index contributed by atoms with van der Waals surface area (Å²) in [7, 11) is 0. The van der Waals surface area contributed by atoms with Gasteiger partial charge in [0, 0.05) is 71.9 Å². The fraction of sp³-hybridized carbons (Fsp3) is 0.125. The van der Waals surface area contributed by atoms with Crippen LogP contribution < -0.4 is 26.2 Å². The Labute approximate surface area is 622 Å². The summed E-state index contributed by atoms with van der Waals surface area (Å²) in [6.45, 7) is 18.8. The maximum absolute atomic E-state index is 10.0. The van der Waals surface area contributed by atoms with E-state index in [1.165, 1.54) is 15.7 Å². The number of fused-ring (bicyclic) bond motifs is 13. The fourth-order valence-electron chi connectivity index (χ4n) is 15.7. The molecule has 0 atom stereocenters. The van der Waals surface area contributed by atoms with Gasteiger partial charge in [0.15, 0.2) is 11.2 Å². The summed E-state index contributed by atoms with van der Waals surface area (Å²) in [4.78, 5) is 4.13. The van der Waals surface area contributed by atoms with Crippen molar-refractivity contribution < 1.29 is 29.1 Å². The molecule has 2 aliphatic rings. The Morgan fingerprint density at radius 2 is 0.775 bits per heavy atom. The third-order valence-corrected chi connectivity index (χ3v) is 20.8. The Morgan fingerprint density at radius 1 is 0.304 bits per heavy atom. The maximum Gasteiger partial charge on any atom is 0.252 e. The van der Waals surface area contributed by atoms with E-state index in [1.54, 1.807) is 18.2 Å². The zero-order valence-corrected chi connectivity index (χ0v) is 57.7. The molecule has 0 spiro atoms. The summed E-state index contributed by atoms with van der Waals surface area (Å²) in [6.07, 6.45) is 0. The monoisotopic (exact) mass is 1330 g/mol. The lowest BCUT2D eigenvalue weighted by molar-refractivity contribution is 0.590. The normalized spacial score (nSPS) is 15.6. The smallest absolute Gasteiger partial charge is 0.252 e. The number of hydrogen-bond acceptors (Lipinski definition) is 3. The van der Waals surface area contributed by atoms with Crippen molar-refractivity contribution in [2.75, 3.05) is 9.80 Å². The molecule has 19 rings (SSSR count). The van der Waals surface area contributed by atoms with Crippen LogP contribution in [0.4, 0.5) is 34.1 Å². The van der Waals surface area contributed by atoms with Crippen molar-refractivity contribution in [1.82, 2.24) is 9.13 Å². The van der Waals surface area contributed by atoms with Gasteiger partial charge in [-0.2, -0.15) is 0 Å². The molecular weight excluding hydrogens is 1240 g/mol. The van der Waals surface area contributed by atoms with Crippen molar-refractivity contribution in [3.8, 4) is 55.9 Å². The van der Waals surface area contributed by atoms with Crippen LogP contribution in [0.5, 0.6) is 0 Å². The Bertz CT molecular complexity index is 7150. The number of rotatable bonds is 8. The van der Waals surface area contributed by atoms with Gasteiger partial charge in [0.25, 0.3) is 6.71 Å². The summed E-state index contributed by atoms with van der Waals surface area (Å²) in [5.74, 6) is 0. The lowest BCUT2D eigenvalue weighted by atomic mass is 9.33. The van der Waals surface area contributed by atoms with Gasteiger partial charge in [0.2, 0.25) is 0 Å². The second-order valence-corrected chi connectivity index (χ2v) is 29.9. The van der Waals surface area contributed by atoms with Crippen molar-refractivity contribution >= 4 is 123 Å². The lowest BCUT2D eigenvalue weighted by Gasteiger charge is -2.45. The molecule has 0 radical (unpaired) electrons. The topological polar surface area (TPSA) is 29.5 Å². The lowest BCUT2D eigenvalue weighted by Crippen LogP contribution is -2.61. The molecule has 5 heterocycles. The second-order valence-electron chi connectivity index (χ2n) is 29.9. The number of aromatic nitrogens is 2. The highest BCUT2D eigenvalue weighted by atomic mass is 16.3. The highest BCUT2D eigenvalue weighted by Gasteiger charge is 2.46. The highest BCUT2D eigenvalue weighted by molar-refractivity contribution is 7.00.